The maximum absolute atomic E-state index is 11.5. The van der Waals surface area contributed by atoms with Gasteiger partial charge >= 0.3 is 0 Å². The van der Waals surface area contributed by atoms with Gasteiger partial charge in [-0.05, 0) is 19.4 Å². The van der Waals surface area contributed by atoms with E-state index in [0.29, 0.717) is 12.3 Å². The van der Waals surface area contributed by atoms with Crippen molar-refractivity contribution >= 4 is 17.7 Å². The highest BCUT2D eigenvalue weighted by molar-refractivity contribution is 7.99. The maximum atomic E-state index is 11.5. The molecule has 0 aliphatic rings. The summed E-state index contributed by atoms with van der Waals surface area (Å²) in [7, 11) is 0. The van der Waals surface area contributed by atoms with Crippen LogP contribution in [0, 0.1) is 6.92 Å². The molecular formula is C13H20N2OS. The van der Waals surface area contributed by atoms with Crippen LogP contribution in [-0.2, 0) is 11.3 Å². The molecule has 3 N–H and O–H groups in total. The molecule has 1 atom stereocenters. The number of nitrogens with one attached hydrogen (secondary N) is 1. The van der Waals surface area contributed by atoms with E-state index in [4.69, 9.17) is 5.73 Å². The molecule has 0 fully saturated rings. The van der Waals surface area contributed by atoms with Crippen LogP contribution in [-0.4, -0.2) is 23.5 Å². The Morgan fingerprint density at radius 1 is 1.41 bits per heavy atom. The van der Waals surface area contributed by atoms with E-state index in [-0.39, 0.29) is 11.9 Å². The summed E-state index contributed by atoms with van der Waals surface area (Å²) in [5, 5.41) is 2.89. The summed E-state index contributed by atoms with van der Waals surface area (Å²) in [6.45, 7) is 4.59. The molecule has 0 aromatic heterocycles. The lowest BCUT2D eigenvalue weighted by Crippen LogP contribution is -2.26. The summed E-state index contributed by atoms with van der Waals surface area (Å²) in [6, 6.07) is 8.30. The van der Waals surface area contributed by atoms with E-state index in [2.05, 4.69) is 5.32 Å². The SMILES string of the molecule is Cc1ccc(CNC(=O)CSCC(C)N)cc1. The third-order valence-corrected chi connectivity index (χ3v) is 3.45. The topological polar surface area (TPSA) is 55.1 Å². The number of hydrogen-bond donors (Lipinski definition) is 2. The van der Waals surface area contributed by atoms with Gasteiger partial charge in [-0.3, -0.25) is 4.79 Å². The second kappa shape index (κ2) is 7.35. The van der Waals surface area contributed by atoms with Crippen LogP contribution >= 0.6 is 11.8 Å². The molecule has 0 saturated carbocycles. The molecule has 0 radical (unpaired) electrons. The Morgan fingerprint density at radius 3 is 2.65 bits per heavy atom. The van der Waals surface area contributed by atoms with Gasteiger partial charge in [-0.25, -0.2) is 0 Å². The normalized spacial score (nSPS) is 12.2. The molecular weight excluding hydrogens is 232 g/mol. The van der Waals surface area contributed by atoms with E-state index in [1.165, 1.54) is 5.56 Å². The zero-order chi connectivity index (χ0) is 12.7. The third-order valence-electron chi connectivity index (χ3n) is 2.22. The molecule has 1 aromatic rings. The Labute approximate surface area is 107 Å². The van der Waals surface area contributed by atoms with Crippen LogP contribution in [0.1, 0.15) is 18.1 Å². The first-order valence-corrected chi connectivity index (χ1v) is 6.89. The lowest BCUT2D eigenvalue weighted by molar-refractivity contribution is -0.118. The monoisotopic (exact) mass is 252 g/mol. The Bertz CT molecular complexity index is 349. The van der Waals surface area contributed by atoms with Crippen LogP contribution in [0.3, 0.4) is 0 Å². The minimum atomic E-state index is 0.0659. The molecule has 0 saturated heterocycles. The molecule has 17 heavy (non-hydrogen) atoms. The zero-order valence-electron chi connectivity index (χ0n) is 10.4. The first-order valence-electron chi connectivity index (χ1n) is 5.73. The van der Waals surface area contributed by atoms with Crippen LogP contribution < -0.4 is 11.1 Å². The predicted molar refractivity (Wildman–Crippen MR) is 74.0 cm³/mol. The van der Waals surface area contributed by atoms with Crippen LogP contribution in [0.2, 0.25) is 0 Å². The Hall–Kier alpha value is -1.00. The van der Waals surface area contributed by atoms with Gasteiger partial charge < -0.3 is 11.1 Å². The molecule has 0 aliphatic carbocycles. The fourth-order valence-corrected chi connectivity index (χ4v) is 2.07. The smallest absolute Gasteiger partial charge is 0.230 e. The second-order valence-electron chi connectivity index (χ2n) is 4.25. The van der Waals surface area contributed by atoms with Crippen molar-refractivity contribution in [2.45, 2.75) is 26.4 Å². The van der Waals surface area contributed by atoms with E-state index in [1.54, 1.807) is 11.8 Å². The molecule has 0 heterocycles. The summed E-state index contributed by atoms with van der Waals surface area (Å²) in [6.07, 6.45) is 0. The van der Waals surface area contributed by atoms with Gasteiger partial charge in [-0.1, -0.05) is 29.8 Å². The van der Waals surface area contributed by atoms with Crippen molar-refractivity contribution in [3.63, 3.8) is 0 Å². The number of hydrogen-bond acceptors (Lipinski definition) is 3. The van der Waals surface area contributed by atoms with Crippen molar-refractivity contribution in [2.75, 3.05) is 11.5 Å². The third kappa shape index (κ3) is 6.34. The summed E-state index contributed by atoms with van der Waals surface area (Å²) in [5.74, 6) is 1.36. The molecule has 0 spiro atoms. The molecule has 94 valence electrons. The largest absolute Gasteiger partial charge is 0.351 e. The van der Waals surface area contributed by atoms with Gasteiger partial charge in [0.2, 0.25) is 5.91 Å². The van der Waals surface area contributed by atoms with Gasteiger partial charge in [-0.2, -0.15) is 11.8 Å². The molecule has 3 nitrogen and oxygen atoms in total. The van der Waals surface area contributed by atoms with Crippen LogP contribution in [0.4, 0.5) is 0 Å². The number of carbonyl (C=O) groups excluding carboxylic acids is 1. The lowest BCUT2D eigenvalue weighted by Gasteiger charge is -2.07. The van der Waals surface area contributed by atoms with Crippen LogP contribution in [0.25, 0.3) is 0 Å². The summed E-state index contributed by atoms with van der Waals surface area (Å²) in [5.41, 5.74) is 7.96. The van der Waals surface area contributed by atoms with E-state index in [0.717, 1.165) is 11.3 Å². The fourth-order valence-electron chi connectivity index (χ4n) is 1.30. The predicted octanol–water partition coefficient (Wildman–Crippen LogP) is 1.69. The number of nitrogens with two attached hydrogens (primary N) is 1. The minimum Gasteiger partial charge on any atom is -0.351 e. The van der Waals surface area contributed by atoms with Crippen LogP contribution in [0.15, 0.2) is 24.3 Å². The molecule has 1 unspecified atom stereocenters. The van der Waals surface area contributed by atoms with E-state index >= 15 is 0 Å². The van der Waals surface area contributed by atoms with Gasteiger partial charge in [0.15, 0.2) is 0 Å². The number of aryl methyl sites for hydroxylation is 1. The number of thioether (sulfide) groups is 1. The highest BCUT2D eigenvalue weighted by Gasteiger charge is 2.02. The van der Waals surface area contributed by atoms with Gasteiger partial charge in [0.25, 0.3) is 0 Å². The second-order valence-corrected chi connectivity index (χ2v) is 5.28. The maximum Gasteiger partial charge on any atom is 0.230 e. The molecule has 0 aliphatic heterocycles. The van der Waals surface area contributed by atoms with Crippen LogP contribution in [0.5, 0.6) is 0 Å². The quantitative estimate of drug-likeness (QED) is 0.810. The Kier molecular flexibility index (Phi) is 6.08. The summed E-state index contributed by atoms with van der Waals surface area (Å²) in [4.78, 5) is 11.5. The molecule has 4 heteroatoms. The standard InChI is InChI=1S/C13H20N2OS/c1-10-3-5-12(6-4-10)7-15-13(16)9-17-8-11(2)14/h3-6,11H,7-9,14H2,1-2H3,(H,15,16). The van der Waals surface area contributed by atoms with Gasteiger partial charge in [0.1, 0.15) is 0 Å². The number of rotatable bonds is 6. The Morgan fingerprint density at radius 2 is 2.06 bits per heavy atom. The van der Waals surface area contributed by atoms with Crippen molar-refractivity contribution in [3.05, 3.63) is 35.4 Å². The molecule has 1 rings (SSSR count). The average Bonchev–Trinajstić information content (AvgIpc) is 2.28. The highest BCUT2D eigenvalue weighted by atomic mass is 32.2. The summed E-state index contributed by atoms with van der Waals surface area (Å²) >= 11 is 1.57. The molecule has 1 aromatic carbocycles. The van der Waals surface area contributed by atoms with Crippen molar-refractivity contribution < 1.29 is 4.79 Å². The van der Waals surface area contributed by atoms with Crippen molar-refractivity contribution in [2.24, 2.45) is 5.73 Å². The first-order chi connectivity index (χ1) is 8.08. The van der Waals surface area contributed by atoms with E-state index < -0.39 is 0 Å². The van der Waals surface area contributed by atoms with Crippen molar-refractivity contribution in [1.29, 1.82) is 0 Å². The van der Waals surface area contributed by atoms with Gasteiger partial charge in [0, 0.05) is 18.3 Å². The average molecular weight is 252 g/mol. The lowest BCUT2D eigenvalue weighted by atomic mass is 10.1. The van der Waals surface area contributed by atoms with E-state index in [9.17, 15) is 4.79 Å². The Balaban J connectivity index is 2.21. The van der Waals surface area contributed by atoms with Gasteiger partial charge in [0.05, 0.1) is 5.75 Å². The number of amides is 1. The highest BCUT2D eigenvalue weighted by Crippen LogP contribution is 2.04. The number of carbonyl (C=O) groups is 1. The fraction of sp³-hybridized carbons (Fsp3) is 0.462. The van der Waals surface area contributed by atoms with Gasteiger partial charge in [-0.15, -0.1) is 0 Å². The van der Waals surface area contributed by atoms with E-state index in [1.807, 2.05) is 38.1 Å². The van der Waals surface area contributed by atoms with Crippen molar-refractivity contribution in [3.8, 4) is 0 Å². The summed E-state index contributed by atoms with van der Waals surface area (Å²) < 4.78 is 0. The molecule has 0 bridgehead atoms. The number of benzene rings is 1. The first kappa shape index (κ1) is 14.1. The molecule has 1 amide bonds. The van der Waals surface area contributed by atoms with Crippen molar-refractivity contribution in [1.82, 2.24) is 5.32 Å². The minimum absolute atomic E-state index is 0.0659. The zero-order valence-corrected chi connectivity index (χ0v) is 11.2.